The number of halogens is 2. The minimum absolute atomic E-state index is 0. The molecule has 0 spiro atoms. The summed E-state index contributed by atoms with van der Waals surface area (Å²) in [5, 5.41) is 3.27. The summed E-state index contributed by atoms with van der Waals surface area (Å²) in [5.41, 5.74) is 5.89. The third-order valence-electron chi connectivity index (χ3n) is 4.09. The van der Waals surface area contributed by atoms with Crippen molar-refractivity contribution in [3.63, 3.8) is 0 Å². The summed E-state index contributed by atoms with van der Waals surface area (Å²) < 4.78 is 0. The quantitative estimate of drug-likeness (QED) is 0.397. The molecule has 2 aliphatic rings. The van der Waals surface area contributed by atoms with Gasteiger partial charge in [0, 0.05) is 0 Å². The molecule has 0 heterocycles. The Balaban J connectivity index is 0. The third-order valence-corrected chi connectivity index (χ3v) is 8.19. The molecule has 0 fully saturated rings. The van der Waals surface area contributed by atoms with Crippen molar-refractivity contribution in [1.29, 1.82) is 0 Å². The van der Waals surface area contributed by atoms with E-state index in [4.69, 9.17) is 0 Å². The zero-order valence-electron chi connectivity index (χ0n) is 13.2. The number of hydrogen-bond donors (Lipinski definition) is 0. The van der Waals surface area contributed by atoms with E-state index in [0.29, 0.717) is 0 Å². The van der Waals surface area contributed by atoms with Crippen LogP contribution in [0.5, 0.6) is 0 Å². The summed E-state index contributed by atoms with van der Waals surface area (Å²) in [7, 11) is -1.53. The molecule has 0 aromatic heterocycles. The maximum atomic E-state index is 3.50. The Morgan fingerprint density at radius 3 is 1.25 bits per heavy atom. The topological polar surface area (TPSA) is 0 Å². The van der Waals surface area contributed by atoms with Crippen LogP contribution in [0, 0.1) is 12.2 Å². The van der Waals surface area contributed by atoms with E-state index in [2.05, 4.69) is 52.9 Å². The second kappa shape index (κ2) is 8.32. The van der Waals surface area contributed by atoms with Gasteiger partial charge in [-0.1, -0.05) is 48.9 Å². The van der Waals surface area contributed by atoms with Crippen molar-refractivity contribution in [1.82, 2.24) is 0 Å². The summed E-state index contributed by atoms with van der Waals surface area (Å²) in [6.45, 7) is 14.0. The molecule has 0 saturated carbocycles. The fourth-order valence-electron chi connectivity index (χ4n) is 3.65. The van der Waals surface area contributed by atoms with Crippen LogP contribution in [-0.4, -0.2) is 8.07 Å². The molecule has 4 heteroatoms. The largest absolute Gasteiger partial charge is 4.00 e. The number of rotatable bonds is 2. The van der Waals surface area contributed by atoms with E-state index < -0.39 is 8.07 Å². The van der Waals surface area contributed by atoms with Crippen molar-refractivity contribution >= 4 is 8.07 Å². The maximum absolute atomic E-state index is 3.50. The van der Waals surface area contributed by atoms with Gasteiger partial charge in [0.15, 0.2) is 0 Å². The van der Waals surface area contributed by atoms with E-state index in [1.165, 1.54) is 11.1 Å². The predicted octanol–water partition coefficient (Wildman–Crippen LogP) is -1.28. The standard InChI is InChI=1S/C16H22Si.2ClH.Zr/c1-11-7-8-12(2)15(11)17(5,6)16-13(3)9-10-14(16)4;;;/h7,9H2,1-6H3;2*1H;/q-2;;;+4/p-2. The van der Waals surface area contributed by atoms with Crippen molar-refractivity contribution in [3.8, 4) is 0 Å². The summed E-state index contributed by atoms with van der Waals surface area (Å²) in [6, 6.07) is 0. The molecule has 0 N–H and O–H groups in total. The van der Waals surface area contributed by atoms with E-state index in [0.717, 1.165) is 12.8 Å². The Kier molecular flexibility index (Phi) is 9.53. The Morgan fingerprint density at radius 2 is 1.05 bits per heavy atom. The number of allylic oxidation sites excluding steroid dienone is 8. The van der Waals surface area contributed by atoms with Crippen LogP contribution < -0.4 is 24.8 Å². The van der Waals surface area contributed by atoms with Gasteiger partial charge in [-0.2, -0.15) is 11.1 Å². The molecule has 0 bridgehead atoms. The van der Waals surface area contributed by atoms with Crippen molar-refractivity contribution in [2.45, 2.75) is 53.6 Å². The molecule has 2 rings (SSSR count). The molecule has 0 amide bonds. The normalized spacial score (nSPS) is 18.1. The van der Waals surface area contributed by atoms with E-state index in [1.54, 1.807) is 21.5 Å². The molecule has 0 saturated heterocycles. The first-order valence-electron chi connectivity index (χ1n) is 6.41. The molecule has 108 valence electrons. The fourth-order valence-corrected chi connectivity index (χ4v) is 8.27. The minimum Gasteiger partial charge on any atom is -1.00 e. The minimum atomic E-state index is -1.53. The molecule has 0 atom stereocenters. The summed E-state index contributed by atoms with van der Waals surface area (Å²) in [6.07, 6.45) is 9.08. The van der Waals surface area contributed by atoms with Gasteiger partial charge >= 0.3 is 26.2 Å². The van der Waals surface area contributed by atoms with Gasteiger partial charge in [0.2, 0.25) is 0 Å². The van der Waals surface area contributed by atoms with Gasteiger partial charge in [0.05, 0.1) is 0 Å². The first-order valence-corrected chi connectivity index (χ1v) is 9.41. The van der Waals surface area contributed by atoms with E-state index in [1.807, 2.05) is 0 Å². The Morgan fingerprint density at radius 1 is 0.750 bits per heavy atom. The molecule has 0 aromatic rings. The zero-order chi connectivity index (χ0) is 12.8. The second-order valence-corrected chi connectivity index (χ2v) is 10.1. The first-order chi connectivity index (χ1) is 7.85. The maximum Gasteiger partial charge on any atom is 4.00 e. The average Bonchev–Trinajstić information content (AvgIpc) is 2.71. The Labute approximate surface area is 156 Å². The molecule has 0 nitrogen and oxygen atoms in total. The molecular weight excluding hydrogens is 382 g/mol. The van der Waals surface area contributed by atoms with E-state index in [-0.39, 0.29) is 51.0 Å². The van der Waals surface area contributed by atoms with Crippen LogP contribution in [0.15, 0.2) is 32.7 Å². The number of hydrogen-bond acceptors (Lipinski definition) is 0. The second-order valence-electron chi connectivity index (χ2n) is 5.89. The van der Waals surface area contributed by atoms with Crippen LogP contribution in [0.4, 0.5) is 0 Å². The van der Waals surface area contributed by atoms with Gasteiger partial charge in [-0.05, 0) is 0 Å². The summed E-state index contributed by atoms with van der Waals surface area (Å²) in [4.78, 5) is 0. The SMILES string of the molecule is CC1=[C-]CC(C)=C1[Si](C)(C)C1=C(C)C[C-]=C1C.[Cl-].[Cl-].[Zr+4]. The zero-order valence-corrected chi connectivity index (χ0v) is 18.1. The van der Waals surface area contributed by atoms with Crippen LogP contribution in [0.3, 0.4) is 0 Å². The monoisotopic (exact) mass is 402 g/mol. The van der Waals surface area contributed by atoms with Crippen molar-refractivity contribution in [3.05, 3.63) is 44.8 Å². The molecule has 20 heavy (non-hydrogen) atoms. The van der Waals surface area contributed by atoms with Crippen LogP contribution in [0.25, 0.3) is 0 Å². The van der Waals surface area contributed by atoms with Crippen LogP contribution in [0.2, 0.25) is 13.1 Å². The molecule has 2 aliphatic carbocycles. The van der Waals surface area contributed by atoms with Crippen LogP contribution in [0.1, 0.15) is 40.5 Å². The first kappa shape index (κ1) is 22.9. The van der Waals surface area contributed by atoms with Crippen molar-refractivity contribution < 1.29 is 51.0 Å². The van der Waals surface area contributed by atoms with Gasteiger partial charge in [0.1, 0.15) is 0 Å². The molecule has 0 radical (unpaired) electrons. The van der Waals surface area contributed by atoms with Crippen LogP contribution in [-0.2, 0) is 26.2 Å². The van der Waals surface area contributed by atoms with E-state index in [9.17, 15) is 0 Å². The van der Waals surface area contributed by atoms with Gasteiger partial charge in [0.25, 0.3) is 0 Å². The third kappa shape index (κ3) is 3.88. The average molecular weight is 405 g/mol. The van der Waals surface area contributed by atoms with Gasteiger partial charge in [-0.3, -0.25) is 12.2 Å². The molecule has 0 aliphatic heterocycles. The molecule has 0 unspecified atom stereocenters. The summed E-state index contributed by atoms with van der Waals surface area (Å²) >= 11 is 0. The van der Waals surface area contributed by atoms with Gasteiger partial charge < -0.3 is 24.8 Å². The van der Waals surface area contributed by atoms with Crippen molar-refractivity contribution in [2.24, 2.45) is 0 Å². The Hall–Kier alpha value is 0.640. The van der Waals surface area contributed by atoms with E-state index >= 15 is 0 Å². The fraction of sp³-hybridized carbons (Fsp3) is 0.500. The smallest absolute Gasteiger partial charge is 1.00 e. The van der Waals surface area contributed by atoms with Gasteiger partial charge in [-0.15, -0.1) is 12.8 Å². The van der Waals surface area contributed by atoms with Crippen LogP contribution >= 0.6 is 0 Å². The molecule has 0 aromatic carbocycles. The summed E-state index contributed by atoms with van der Waals surface area (Å²) in [5.74, 6) is 0. The van der Waals surface area contributed by atoms with Crippen molar-refractivity contribution in [2.75, 3.05) is 0 Å². The predicted molar refractivity (Wildman–Crippen MR) is 77.0 cm³/mol. The Bertz CT molecular complexity index is 453. The molecular formula is C16H22Cl2SiZr. The van der Waals surface area contributed by atoms with Gasteiger partial charge in [-0.25, -0.2) is 21.5 Å².